The van der Waals surface area contributed by atoms with E-state index in [-0.39, 0.29) is 5.75 Å². The highest BCUT2D eigenvalue weighted by molar-refractivity contribution is 5.97. The Morgan fingerprint density at radius 1 is 0.839 bits per heavy atom. The van der Waals surface area contributed by atoms with Crippen LogP contribution in [0.15, 0.2) is 73.4 Å². The third-order valence-corrected chi connectivity index (χ3v) is 5.20. The molecule has 0 fully saturated rings. The molecule has 6 aromatic rings. The molecule has 0 aliphatic carbocycles. The summed E-state index contributed by atoms with van der Waals surface area (Å²) in [5.74, 6) is 0.743. The fraction of sp³-hybridized carbons (Fsp3) is 0. The van der Waals surface area contributed by atoms with Crippen LogP contribution in [0.5, 0.6) is 5.75 Å². The number of aromatic hydroxyl groups is 1. The van der Waals surface area contributed by atoms with Gasteiger partial charge in [0.25, 0.3) is 0 Å². The highest BCUT2D eigenvalue weighted by Crippen LogP contribution is 2.32. The summed E-state index contributed by atoms with van der Waals surface area (Å²) < 4.78 is 0. The van der Waals surface area contributed by atoms with Crippen molar-refractivity contribution in [1.82, 2.24) is 35.1 Å². The summed E-state index contributed by atoms with van der Waals surface area (Å²) >= 11 is 0. The van der Waals surface area contributed by atoms with Crippen LogP contribution in [-0.2, 0) is 0 Å². The molecule has 0 saturated carbocycles. The molecule has 0 bridgehead atoms. The molecular formula is C23H15N7O. The van der Waals surface area contributed by atoms with Gasteiger partial charge in [-0.1, -0.05) is 12.1 Å². The monoisotopic (exact) mass is 405 g/mol. The molecule has 31 heavy (non-hydrogen) atoms. The average molecular weight is 405 g/mol. The second-order valence-corrected chi connectivity index (χ2v) is 7.15. The maximum Gasteiger partial charge on any atom is 0.160 e. The van der Waals surface area contributed by atoms with Crippen molar-refractivity contribution in [3.8, 4) is 39.5 Å². The predicted octanol–water partition coefficient (Wildman–Crippen LogP) is 4.33. The first kappa shape index (κ1) is 17.3. The highest BCUT2D eigenvalue weighted by Gasteiger charge is 2.16. The number of nitrogens with one attached hydrogen (secondary N) is 2. The molecule has 8 heteroatoms. The van der Waals surface area contributed by atoms with Crippen LogP contribution in [0.1, 0.15) is 0 Å². The zero-order valence-electron chi connectivity index (χ0n) is 16.1. The van der Waals surface area contributed by atoms with Gasteiger partial charge in [-0.15, -0.1) is 0 Å². The molecule has 0 atom stereocenters. The first-order valence-electron chi connectivity index (χ1n) is 9.64. The lowest BCUT2D eigenvalue weighted by atomic mass is 10.0. The van der Waals surface area contributed by atoms with E-state index in [4.69, 9.17) is 4.98 Å². The largest absolute Gasteiger partial charge is 0.506 e. The maximum absolute atomic E-state index is 9.77. The molecule has 3 N–H and O–H groups in total. The molecule has 0 unspecified atom stereocenters. The van der Waals surface area contributed by atoms with Crippen LogP contribution in [-0.4, -0.2) is 40.2 Å². The minimum atomic E-state index is 0.122. The molecule has 0 amide bonds. The van der Waals surface area contributed by atoms with E-state index in [2.05, 4.69) is 30.1 Å². The summed E-state index contributed by atoms with van der Waals surface area (Å²) in [4.78, 5) is 20.8. The first-order valence-corrected chi connectivity index (χ1v) is 9.64. The molecular weight excluding hydrogens is 390 g/mol. The standard InChI is InChI=1S/C23H15N7O/c31-16-8-15(11-25-12-16)13-3-4-19-18(9-13)21(30-29-19)23-27-20-17(5-7-26-22(20)28-23)14-2-1-6-24-10-14/h1-12,31H,(H,29,30)(H,26,27,28). The molecule has 6 rings (SSSR count). The second kappa shape index (κ2) is 6.74. The van der Waals surface area contributed by atoms with Gasteiger partial charge in [0.15, 0.2) is 11.5 Å². The van der Waals surface area contributed by atoms with Gasteiger partial charge in [-0.25, -0.2) is 9.97 Å². The van der Waals surface area contributed by atoms with E-state index in [0.29, 0.717) is 17.2 Å². The van der Waals surface area contributed by atoms with Crippen LogP contribution in [0.25, 0.3) is 55.8 Å². The Bertz CT molecular complexity index is 1550. The van der Waals surface area contributed by atoms with Gasteiger partial charge in [-0.3, -0.25) is 15.1 Å². The fourth-order valence-electron chi connectivity index (χ4n) is 3.74. The molecule has 0 aliphatic rings. The SMILES string of the molecule is Oc1cncc(-c2ccc3[nH]nc(-c4nc5c(-c6cccnc6)ccnc5[nH]4)c3c2)c1. The molecule has 0 spiro atoms. The number of imidazole rings is 1. The van der Waals surface area contributed by atoms with Gasteiger partial charge < -0.3 is 10.1 Å². The second-order valence-electron chi connectivity index (χ2n) is 7.15. The third kappa shape index (κ3) is 2.89. The molecule has 5 aromatic heterocycles. The lowest BCUT2D eigenvalue weighted by molar-refractivity contribution is 0.473. The number of aromatic nitrogens is 7. The summed E-state index contributed by atoms with van der Waals surface area (Å²) in [6.45, 7) is 0. The number of rotatable bonds is 3. The van der Waals surface area contributed by atoms with Gasteiger partial charge in [0, 0.05) is 46.9 Å². The average Bonchev–Trinajstić information content (AvgIpc) is 3.43. The van der Waals surface area contributed by atoms with E-state index < -0.39 is 0 Å². The molecule has 0 saturated heterocycles. The number of H-pyrrole nitrogens is 2. The lowest BCUT2D eigenvalue weighted by Crippen LogP contribution is -1.84. The number of hydrogen-bond acceptors (Lipinski definition) is 6. The lowest BCUT2D eigenvalue weighted by Gasteiger charge is -2.02. The first-order chi connectivity index (χ1) is 15.3. The van der Waals surface area contributed by atoms with Gasteiger partial charge >= 0.3 is 0 Å². The Morgan fingerprint density at radius 3 is 2.65 bits per heavy atom. The van der Waals surface area contributed by atoms with Crippen LogP contribution < -0.4 is 0 Å². The van der Waals surface area contributed by atoms with Crippen LogP contribution in [0.2, 0.25) is 0 Å². The van der Waals surface area contributed by atoms with Crippen molar-refractivity contribution < 1.29 is 5.11 Å². The van der Waals surface area contributed by atoms with Gasteiger partial charge in [0.2, 0.25) is 0 Å². The molecule has 8 nitrogen and oxygen atoms in total. The van der Waals surface area contributed by atoms with E-state index in [1.165, 1.54) is 6.20 Å². The van der Waals surface area contributed by atoms with Crippen molar-refractivity contribution in [2.45, 2.75) is 0 Å². The van der Waals surface area contributed by atoms with E-state index >= 15 is 0 Å². The van der Waals surface area contributed by atoms with E-state index in [1.807, 2.05) is 42.6 Å². The van der Waals surface area contributed by atoms with Gasteiger partial charge in [0.05, 0.1) is 11.7 Å². The van der Waals surface area contributed by atoms with Crippen LogP contribution in [0.3, 0.4) is 0 Å². The fourth-order valence-corrected chi connectivity index (χ4v) is 3.74. The Kier molecular flexibility index (Phi) is 3.76. The van der Waals surface area contributed by atoms with Crippen LogP contribution in [0.4, 0.5) is 0 Å². The van der Waals surface area contributed by atoms with Crippen molar-refractivity contribution >= 4 is 22.1 Å². The molecule has 0 radical (unpaired) electrons. The third-order valence-electron chi connectivity index (χ3n) is 5.20. The van der Waals surface area contributed by atoms with Crippen molar-refractivity contribution in [1.29, 1.82) is 0 Å². The Hall–Kier alpha value is -4.59. The number of fused-ring (bicyclic) bond motifs is 2. The van der Waals surface area contributed by atoms with Gasteiger partial charge in [-0.05, 0) is 35.9 Å². The molecule has 5 heterocycles. The zero-order valence-corrected chi connectivity index (χ0v) is 16.1. The number of hydrogen-bond donors (Lipinski definition) is 3. The van der Waals surface area contributed by atoms with Crippen molar-refractivity contribution in [2.24, 2.45) is 0 Å². The summed E-state index contributed by atoms with van der Waals surface area (Å²) in [7, 11) is 0. The topological polar surface area (TPSA) is 116 Å². The number of pyridine rings is 3. The van der Waals surface area contributed by atoms with Crippen LogP contribution >= 0.6 is 0 Å². The van der Waals surface area contributed by atoms with E-state index in [1.54, 1.807) is 24.7 Å². The quantitative estimate of drug-likeness (QED) is 0.403. The van der Waals surface area contributed by atoms with Gasteiger partial charge in [0.1, 0.15) is 17.0 Å². The molecule has 1 aromatic carbocycles. The summed E-state index contributed by atoms with van der Waals surface area (Å²) in [6, 6.07) is 13.4. The predicted molar refractivity (Wildman–Crippen MR) is 117 cm³/mol. The normalized spacial score (nSPS) is 11.4. The van der Waals surface area contributed by atoms with E-state index in [9.17, 15) is 5.11 Å². The minimum Gasteiger partial charge on any atom is -0.506 e. The molecule has 148 valence electrons. The number of aromatic amines is 2. The zero-order chi connectivity index (χ0) is 20.8. The Labute approximate surface area is 175 Å². The smallest absolute Gasteiger partial charge is 0.160 e. The molecule has 0 aliphatic heterocycles. The van der Waals surface area contributed by atoms with E-state index in [0.717, 1.165) is 38.7 Å². The Morgan fingerprint density at radius 2 is 1.77 bits per heavy atom. The van der Waals surface area contributed by atoms with Crippen molar-refractivity contribution in [3.63, 3.8) is 0 Å². The van der Waals surface area contributed by atoms with Gasteiger partial charge in [-0.2, -0.15) is 5.10 Å². The summed E-state index contributed by atoms with van der Waals surface area (Å²) in [5.41, 5.74) is 6.68. The van der Waals surface area contributed by atoms with Crippen molar-refractivity contribution in [3.05, 3.63) is 73.4 Å². The van der Waals surface area contributed by atoms with Crippen molar-refractivity contribution in [2.75, 3.05) is 0 Å². The highest BCUT2D eigenvalue weighted by atomic mass is 16.3. The maximum atomic E-state index is 9.77. The number of benzene rings is 1. The Balaban J connectivity index is 1.51. The summed E-state index contributed by atoms with van der Waals surface area (Å²) in [5, 5.41) is 18.2. The number of nitrogens with zero attached hydrogens (tertiary/aromatic N) is 5. The minimum absolute atomic E-state index is 0.122. The summed E-state index contributed by atoms with van der Waals surface area (Å²) in [6.07, 6.45) is 8.43. The van der Waals surface area contributed by atoms with Crippen LogP contribution in [0, 0.1) is 0 Å².